The van der Waals surface area contributed by atoms with Crippen molar-refractivity contribution in [3.05, 3.63) is 41.2 Å². The van der Waals surface area contributed by atoms with Crippen molar-refractivity contribution in [1.29, 1.82) is 0 Å². The highest BCUT2D eigenvalue weighted by molar-refractivity contribution is 6.30. The number of nitrogens with zero attached hydrogens (tertiary/aromatic N) is 4. The van der Waals surface area contributed by atoms with Gasteiger partial charge < -0.3 is 10.5 Å². The van der Waals surface area contributed by atoms with Crippen LogP contribution < -0.4 is 5.73 Å². The van der Waals surface area contributed by atoms with Gasteiger partial charge in [-0.05, 0) is 30.7 Å². The first-order chi connectivity index (χ1) is 11.1. The SMILES string of the molecule is CO[C@H]1C[C@@H](C(N)=O)N(Cc2cn(-c3ccc(Cl)cc3)nn2)C1. The second kappa shape index (κ2) is 6.66. The van der Waals surface area contributed by atoms with Crippen LogP contribution in [0.15, 0.2) is 30.5 Å². The predicted molar refractivity (Wildman–Crippen MR) is 85.2 cm³/mol. The van der Waals surface area contributed by atoms with E-state index in [1.807, 2.05) is 23.2 Å². The minimum absolute atomic E-state index is 0.0128. The maximum absolute atomic E-state index is 11.6. The topological polar surface area (TPSA) is 86.3 Å². The van der Waals surface area contributed by atoms with Crippen LogP contribution >= 0.6 is 11.6 Å². The summed E-state index contributed by atoms with van der Waals surface area (Å²) in [5.74, 6) is -0.338. The summed E-state index contributed by atoms with van der Waals surface area (Å²) >= 11 is 5.88. The molecule has 1 aromatic heterocycles. The highest BCUT2D eigenvalue weighted by Gasteiger charge is 2.36. The lowest BCUT2D eigenvalue weighted by atomic mass is 10.2. The number of hydrogen-bond acceptors (Lipinski definition) is 5. The molecule has 2 heterocycles. The predicted octanol–water partition coefficient (Wildman–Crippen LogP) is 0.995. The fraction of sp³-hybridized carbons (Fsp3) is 0.400. The Hall–Kier alpha value is -1.96. The first-order valence-electron chi connectivity index (χ1n) is 7.30. The van der Waals surface area contributed by atoms with Crippen molar-refractivity contribution < 1.29 is 9.53 Å². The molecule has 1 aliphatic rings. The molecule has 0 bridgehead atoms. The molecular formula is C15H18ClN5O2. The second-order valence-corrected chi connectivity index (χ2v) is 6.01. The molecule has 0 spiro atoms. The second-order valence-electron chi connectivity index (χ2n) is 5.57. The molecule has 2 N–H and O–H groups in total. The van der Waals surface area contributed by atoms with Gasteiger partial charge in [0.25, 0.3) is 0 Å². The number of carbonyl (C=O) groups excluding carboxylic acids is 1. The number of amides is 1. The Balaban J connectivity index is 1.73. The summed E-state index contributed by atoms with van der Waals surface area (Å²) in [6.07, 6.45) is 2.46. The van der Waals surface area contributed by atoms with E-state index in [-0.39, 0.29) is 18.1 Å². The number of likely N-dealkylation sites (tertiary alicyclic amines) is 1. The average Bonchev–Trinajstić information content (AvgIpc) is 3.15. The minimum Gasteiger partial charge on any atom is -0.380 e. The Kier molecular flexibility index (Phi) is 4.61. The fourth-order valence-corrected chi connectivity index (χ4v) is 2.93. The van der Waals surface area contributed by atoms with Gasteiger partial charge in [0.15, 0.2) is 0 Å². The molecule has 1 saturated heterocycles. The van der Waals surface area contributed by atoms with Crippen LogP contribution in [0.5, 0.6) is 0 Å². The van der Waals surface area contributed by atoms with Gasteiger partial charge in [-0.1, -0.05) is 16.8 Å². The third kappa shape index (κ3) is 3.52. The van der Waals surface area contributed by atoms with Crippen LogP contribution in [0.1, 0.15) is 12.1 Å². The van der Waals surface area contributed by atoms with Crippen molar-refractivity contribution in [3.63, 3.8) is 0 Å². The number of ether oxygens (including phenoxy) is 1. The van der Waals surface area contributed by atoms with Crippen molar-refractivity contribution in [1.82, 2.24) is 19.9 Å². The van der Waals surface area contributed by atoms with E-state index in [0.29, 0.717) is 24.5 Å². The summed E-state index contributed by atoms with van der Waals surface area (Å²) in [7, 11) is 1.64. The van der Waals surface area contributed by atoms with Crippen molar-refractivity contribution in [2.45, 2.75) is 25.1 Å². The molecule has 0 saturated carbocycles. The first-order valence-corrected chi connectivity index (χ1v) is 7.68. The number of carbonyl (C=O) groups is 1. The molecule has 23 heavy (non-hydrogen) atoms. The molecule has 2 aromatic rings. The number of hydrogen-bond donors (Lipinski definition) is 1. The Labute approximate surface area is 139 Å². The maximum Gasteiger partial charge on any atom is 0.234 e. The lowest BCUT2D eigenvalue weighted by Gasteiger charge is -2.19. The number of rotatable bonds is 5. The fourth-order valence-electron chi connectivity index (χ4n) is 2.80. The number of methoxy groups -OCH3 is 1. The van der Waals surface area contributed by atoms with E-state index < -0.39 is 0 Å². The van der Waals surface area contributed by atoms with Crippen LogP contribution in [-0.4, -0.2) is 51.6 Å². The largest absolute Gasteiger partial charge is 0.380 e. The van der Waals surface area contributed by atoms with Crippen LogP contribution in [0.3, 0.4) is 0 Å². The molecule has 0 radical (unpaired) electrons. The zero-order valence-electron chi connectivity index (χ0n) is 12.7. The molecule has 122 valence electrons. The van der Waals surface area contributed by atoms with Gasteiger partial charge in [-0.2, -0.15) is 0 Å². The van der Waals surface area contributed by atoms with Gasteiger partial charge in [0.05, 0.1) is 29.7 Å². The number of nitrogens with two attached hydrogens (primary N) is 1. The summed E-state index contributed by atoms with van der Waals surface area (Å²) in [4.78, 5) is 13.6. The quantitative estimate of drug-likeness (QED) is 0.880. The van der Waals surface area contributed by atoms with E-state index in [1.54, 1.807) is 23.9 Å². The molecule has 8 heteroatoms. The monoisotopic (exact) mass is 335 g/mol. The maximum atomic E-state index is 11.6. The average molecular weight is 336 g/mol. The van der Waals surface area contributed by atoms with Gasteiger partial charge >= 0.3 is 0 Å². The van der Waals surface area contributed by atoms with Gasteiger partial charge in [-0.15, -0.1) is 5.10 Å². The van der Waals surface area contributed by atoms with Crippen molar-refractivity contribution in [3.8, 4) is 5.69 Å². The normalized spacial score (nSPS) is 21.7. The third-order valence-corrected chi connectivity index (χ3v) is 4.28. The number of halogens is 1. The summed E-state index contributed by atoms with van der Waals surface area (Å²) in [5, 5.41) is 8.95. The molecule has 3 rings (SSSR count). The van der Waals surface area contributed by atoms with Crippen molar-refractivity contribution in [2.24, 2.45) is 5.73 Å². The summed E-state index contributed by atoms with van der Waals surface area (Å²) in [5.41, 5.74) is 7.12. The highest BCUT2D eigenvalue weighted by atomic mass is 35.5. The number of benzene rings is 1. The highest BCUT2D eigenvalue weighted by Crippen LogP contribution is 2.22. The standard InChI is InChI=1S/C15H18ClN5O2/c1-23-13-6-14(15(17)22)20(9-13)7-11-8-21(19-18-11)12-4-2-10(16)3-5-12/h2-5,8,13-14H,6-7,9H2,1H3,(H2,17,22)/t13-,14-/m0/s1. The molecule has 7 nitrogen and oxygen atoms in total. The van der Waals surface area contributed by atoms with Crippen molar-refractivity contribution in [2.75, 3.05) is 13.7 Å². The summed E-state index contributed by atoms with van der Waals surface area (Å²) in [6, 6.07) is 6.99. The van der Waals surface area contributed by atoms with Gasteiger partial charge in [0.1, 0.15) is 0 Å². The van der Waals surface area contributed by atoms with Crippen LogP contribution in [0, 0.1) is 0 Å². The molecule has 1 amide bonds. The lowest BCUT2D eigenvalue weighted by molar-refractivity contribution is -0.122. The summed E-state index contributed by atoms with van der Waals surface area (Å²) < 4.78 is 7.02. The Morgan fingerprint density at radius 3 is 2.83 bits per heavy atom. The van der Waals surface area contributed by atoms with Crippen LogP contribution in [0.2, 0.25) is 5.02 Å². The molecule has 0 aliphatic carbocycles. The summed E-state index contributed by atoms with van der Waals surface area (Å²) in [6.45, 7) is 1.15. The van der Waals surface area contributed by atoms with E-state index in [0.717, 1.165) is 11.4 Å². The molecule has 0 unspecified atom stereocenters. The molecule has 2 atom stereocenters. The van der Waals surface area contributed by atoms with Gasteiger partial charge in [0, 0.05) is 25.2 Å². The van der Waals surface area contributed by atoms with Gasteiger partial charge in [-0.3, -0.25) is 9.69 Å². The van der Waals surface area contributed by atoms with Crippen LogP contribution in [0.25, 0.3) is 5.69 Å². The molecule has 1 aliphatic heterocycles. The molecule has 1 aromatic carbocycles. The smallest absolute Gasteiger partial charge is 0.234 e. The van der Waals surface area contributed by atoms with Crippen LogP contribution in [-0.2, 0) is 16.1 Å². The minimum atomic E-state index is -0.338. The van der Waals surface area contributed by atoms with E-state index >= 15 is 0 Å². The number of aromatic nitrogens is 3. The molecule has 1 fully saturated rings. The zero-order chi connectivity index (χ0) is 16.4. The van der Waals surface area contributed by atoms with Gasteiger partial charge in [0.2, 0.25) is 5.91 Å². The third-order valence-electron chi connectivity index (χ3n) is 4.02. The Morgan fingerprint density at radius 2 is 2.17 bits per heavy atom. The van der Waals surface area contributed by atoms with Crippen LogP contribution in [0.4, 0.5) is 0 Å². The van der Waals surface area contributed by atoms with E-state index in [2.05, 4.69) is 10.3 Å². The Bertz CT molecular complexity index is 687. The number of primary amides is 1. The zero-order valence-corrected chi connectivity index (χ0v) is 13.5. The van der Waals surface area contributed by atoms with E-state index in [1.165, 1.54) is 0 Å². The van der Waals surface area contributed by atoms with E-state index in [4.69, 9.17) is 22.1 Å². The Morgan fingerprint density at radius 1 is 1.43 bits per heavy atom. The lowest BCUT2D eigenvalue weighted by Crippen LogP contribution is -2.39. The molecular weight excluding hydrogens is 318 g/mol. The first kappa shape index (κ1) is 15.9. The van der Waals surface area contributed by atoms with Crippen molar-refractivity contribution >= 4 is 17.5 Å². The van der Waals surface area contributed by atoms with E-state index in [9.17, 15) is 4.79 Å². The van der Waals surface area contributed by atoms with Gasteiger partial charge in [-0.25, -0.2) is 4.68 Å².